The smallest absolute Gasteiger partial charge is 0.417 e. The second kappa shape index (κ2) is 15.5. The van der Waals surface area contributed by atoms with Gasteiger partial charge in [0.1, 0.15) is 18.2 Å². The van der Waals surface area contributed by atoms with E-state index in [2.05, 4.69) is 15.0 Å². The molecule has 0 aliphatic carbocycles. The van der Waals surface area contributed by atoms with E-state index in [4.69, 9.17) is 0 Å². The number of esters is 1. The van der Waals surface area contributed by atoms with Gasteiger partial charge in [-0.05, 0) is 80.2 Å². The lowest BCUT2D eigenvalue weighted by Gasteiger charge is -2.26. The van der Waals surface area contributed by atoms with Gasteiger partial charge in [0, 0.05) is 31.0 Å². The number of carbonyl (C=O) groups excluding carboxylic acids is 2. The van der Waals surface area contributed by atoms with Crippen LogP contribution in [0.25, 0.3) is 10.9 Å². The van der Waals surface area contributed by atoms with Crippen molar-refractivity contribution in [2.75, 3.05) is 26.7 Å². The zero-order chi connectivity index (χ0) is 35.2. The summed E-state index contributed by atoms with van der Waals surface area (Å²) in [5.41, 5.74) is -0.268. The highest BCUT2D eigenvalue weighted by molar-refractivity contribution is 5.97. The summed E-state index contributed by atoms with van der Waals surface area (Å²) in [6, 6.07) is 13.8. The molecule has 1 fully saturated rings. The summed E-state index contributed by atoms with van der Waals surface area (Å²) < 4.78 is 76.4. The first-order chi connectivity index (χ1) is 22.7. The van der Waals surface area contributed by atoms with E-state index in [-0.39, 0.29) is 28.6 Å². The minimum Gasteiger partial charge on any atom is -0.468 e. The Morgan fingerprint density at radius 3 is 2.25 bits per heavy atom. The molecule has 48 heavy (non-hydrogen) atoms. The van der Waals surface area contributed by atoms with E-state index in [1.807, 2.05) is 0 Å². The Kier molecular flexibility index (Phi) is 11.7. The number of aromatic nitrogens is 1. The lowest BCUT2D eigenvalue weighted by atomic mass is 9.95. The SMILES string of the molecule is COC(=O)CNC(=O)c1c(C)cccc1F.Cc1cccc(Cc2c(C(F)(F)F)c3cc(CN4CCCCC4)ccc3n(C)c2=O)c1F. The predicted octanol–water partition coefficient (Wildman–Crippen LogP) is 6.62. The quantitative estimate of drug-likeness (QED) is 0.177. The van der Waals surface area contributed by atoms with Gasteiger partial charge in [0.25, 0.3) is 11.5 Å². The Hall–Kier alpha value is -4.58. The second-order valence-corrected chi connectivity index (χ2v) is 11.8. The number of pyridine rings is 1. The number of halogens is 5. The number of rotatable bonds is 7. The van der Waals surface area contributed by atoms with E-state index >= 15 is 0 Å². The van der Waals surface area contributed by atoms with Crippen molar-refractivity contribution >= 4 is 22.8 Å². The molecule has 4 aromatic rings. The van der Waals surface area contributed by atoms with Crippen LogP contribution in [-0.4, -0.2) is 48.1 Å². The molecule has 0 radical (unpaired) electrons. The summed E-state index contributed by atoms with van der Waals surface area (Å²) in [5.74, 6) is -2.40. The molecule has 1 aliphatic rings. The average molecular weight is 672 g/mol. The van der Waals surface area contributed by atoms with Gasteiger partial charge < -0.3 is 14.6 Å². The number of nitrogens with one attached hydrogen (secondary N) is 1. The summed E-state index contributed by atoms with van der Waals surface area (Å²) in [6.45, 7) is 5.32. The van der Waals surface area contributed by atoms with Gasteiger partial charge in [-0.2, -0.15) is 13.2 Å². The molecule has 1 N–H and O–H groups in total. The van der Waals surface area contributed by atoms with Crippen LogP contribution in [0, 0.1) is 25.5 Å². The third-order valence-electron chi connectivity index (χ3n) is 8.40. The third-order valence-corrected chi connectivity index (χ3v) is 8.40. The standard InChI is InChI=1S/C25H26F4N2O.C11H12FNO3/c1-16-7-6-8-18(23(16)26)14-20-22(25(27,28)29)19-13-17(15-31-11-4-3-5-12-31)9-10-21(19)30(2)24(20)32;1-7-4-3-5-8(12)10(7)11(15)13-6-9(14)16-2/h6-10,13H,3-5,11-12,14-15H2,1-2H3;3-5H,6H2,1-2H3,(H,13,15). The molecule has 0 atom stereocenters. The minimum atomic E-state index is -4.74. The van der Waals surface area contributed by atoms with Gasteiger partial charge in [-0.3, -0.25) is 19.3 Å². The monoisotopic (exact) mass is 671 g/mol. The first-order valence-corrected chi connectivity index (χ1v) is 15.5. The fourth-order valence-corrected chi connectivity index (χ4v) is 5.89. The summed E-state index contributed by atoms with van der Waals surface area (Å²) >= 11 is 0. The van der Waals surface area contributed by atoms with E-state index in [0.717, 1.165) is 31.5 Å². The zero-order valence-corrected chi connectivity index (χ0v) is 27.3. The Bertz CT molecular complexity index is 1840. The molecule has 1 aliphatic heterocycles. The number of piperidine rings is 1. The van der Waals surface area contributed by atoms with Gasteiger partial charge in [-0.25, -0.2) is 8.78 Å². The maximum absolute atomic E-state index is 14.6. The molecule has 7 nitrogen and oxygen atoms in total. The number of ether oxygens (including phenoxy) is 1. The van der Waals surface area contributed by atoms with Crippen LogP contribution in [0.1, 0.15) is 63.0 Å². The number of aryl methyl sites for hydroxylation is 3. The highest BCUT2D eigenvalue weighted by atomic mass is 19.4. The topological polar surface area (TPSA) is 80.6 Å². The molecule has 5 rings (SSSR count). The molecule has 2 heterocycles. The molecule has 0 unspecified atom stereocenters. The first-order valence-electron chi connectivity index (χ1n) is 15.5. The molecule has 1 saturated heterocycles. The van der Waals surface area contributed by atoms with E-state index in [1.54, 1.807) is 50.2 Å². The van der Waals surface area contributed by atoms with E-state index in [9.17, 15) is 36.3 Å². The maximum atomic E-state index is 14.6. The summed E-state index contributed by atoms with van der Waals surface area (Å²) in [7, 11) is 2.67. The highest BCUT2D eigenvalue weighted by Gasteiger charge is 2.38. The van der Waals surface area contributed by atoms with Crippen LogP contribution in [-0.2, 0) is 35.7 Å². The maximum Gasteiger partial charge on any atom is 0.417 e. The number of nitrogens with zero attached hydrogens (tertiary/aromatic N) is 2. The largest absolute Gasteiger partial charge is 0.468 e. The molecule has 0 spiro atoms. The van der Waals surface area contributed by atoms with Crippen LogP contribution in [0.3, 0.4) is 0 Å². The molecule has 1 aromatic heterocycles. The normalized spacial score (nSPS) is 13.5. The van der Waals surface area contributed by atoms with E-state index in [0.29, 0.717) is 17.7 Å². The van der Waals surface area contributed by atoms with Gasteiger partial charge >= 0.3 is 12.1 Å². The van der Waals surface area contributed by atoms with Crippen molar-refractivity contribution in [1.29, 1.82) is 0 Å². The number of alkyl halides is 3. The van der Waals surface area contributed by atoms with Crippen LogP contribution in [0.2, 0.25) is 0 Å². The van der Waals surface area contributed by atoms with Gasteiger partial charge in [-0.15, -0.1) is 0 Å². The number of likely N-dealkylation sites (tertiary alicyclic amines) is 1. The van der Waals surface area contributed by atoms with Crippen LogP contribution in [0.4, 0.5) is 22.0 Å². The number of hydrogen-bond acceptors (Lipinski definition) is 5. The lowest BCUT2D eigenvalue weighted by molar-refractivity contribution is -0.139. The van der Waals surface area contributed by atoms with Crippen molar-refractivity contribution in [1.82, 2.24) is 14.8 Å². The Morgan fingerprint density at radius 2 is 1.60 bits per heavy atom. The fourth-order valence-electron chi connectivity index (χ4n) is 5.89. The van der Waals surface area contributed by atoms with Crippen LogP contribution in [0.15, 0.2) is 59.4 Å². The number of methoxy groups -OCH3 is 1. The second-order valence-electron chi connectivity index (χ2n) is 11.8. The van der Waals surface area contributed by atoms with Gasteiger partial charge in [0.15, 0.2) is 0 Å². The van der Waals surface area contributed by atoms with Crippen molar-refractivity contribution in [2.45, 2.75) is 52.3 Å². The van der Waals surface area contributed by atoms with Crippen LogP contribution >= 0.6 is 0 Å². The predicted molar refractivity (Wildman–Crippen MR) is 173 cm³/mol. The molecular formula is C36H38F5N3O4. The van der Waals surface area contributed by atoms with Crippen molar-refractivity contribution in [2.24, 2.45) is 7.05 Å². The molecule has 256 valence electrons. The Balaban J connectivity index is 0.000000274. The van der Waals surface area contributed by atoms with Crippen molar-refractivity contribution in [3.8, 4) is 0 Å². The van der Waals surface area contributed by atoms with Gasteiger partial charge in [0.05, 0.1) is 23.8 Å². The average Bonchev–Trinajstić information content (AvgIpc) is 3.04. The summed E-state index contributed by atoms with van der Waals surface area (Å²) in [5, 5.41) is 2.26. The third kappa shape index (κ3) is 8.46. The van der Waals surface area contributed by atoms with Crippen molar-refractivity contribution in [3.63, 3.8) is 0 Å². The number of hydrogen-bond donors (Lipinski definition) is 1. The minimum absolute atomic E-state index is 0.0165. The van der Waals surface area contributed by atoms with E-state index in [1.165, 1.54) is 43.3 Å². The van der Waals surface area contributed by atoms with Crippen molar-refractivity contribution in [3.05, 3.63) is 116 Å². The molecule has 1 amide bonds. The van der Waals surface area contributed by atoms with Crippen LogP contribution in [0.5, 0.6) is 0 Å². The summed E-state index contributed by atoms with van der Waals surface area (Å²) in [4.78, 5) is 37.6. The molecule has 3 aromatic carbocycles. The summed E-state index contributed by atoms with van der Waals surface area (Å²) in [6.07, 6.45) is -1.82. The fraction of sp³-hybridized carbons (Fsp3) is 0.361. The number of benzene rings is 3. The number of amides is 1. The Labute approximate surface area is 275 Å². The zero-order valence-electron chi connectivity index (χ0n) is 27.3. The number of carbonyl (C=O) groups is 2. The van der Waals surface area contributed by atoms with Gasteiger partial charge in [-0.1, -0.05) is 42.8 Å². The molecule has 0 bridgehead atoms. The molecular weight excluding hydrogens is 633 g/mol. The number of fused-ring (bicyclic) bond motifs is 1. The Morgan fingerprint density at radius 1 is 0.938 bits per heavy atom. The van der Waals surface area contributed by atoms with Gasteiger partial charge in [0.2, 0.25) is 0 Å². The highest BCUT2D eigenvalue weighted by Crippen LogP contribution is 2.37. The molecule has 0 saturated carbocycles. The van der Waals surface area contributed by atoms with Crippen molar-refractivity contribution < 1.29 is 36.3 Å². The lowest BCUT2D eigenvalue weighted by Crippen LogP contribution is -2.31. The van der Waals surface area contributed by atoms with Crippen LogP contribution < -0.4 is 10.9 Å². The van der Waals surface area contributed by atoms with E-state index < -0.39 is 52.8 Å². The first kappa shape index (κ1) is 36.3. The molecule has 12 heteroatoms.